The van der Waals surface area contributed by atoms with Gasteiger partial charge in [0.15, 0.2) is 0 Å². The van der Waals surface area contributed by atoms with Crippen LogP contribution in [0.15, 0.2) is 24.3 Å². The zero-order valence-electron chi connectivity index (χ0n) is 15.4. The smallest absolute Gasteiger partial charge is 0.230 e. The summed E-state index contributed by atoms with van der Waals surface area (Å²) < 4.78 is 0.131. The number of carbonyl (C=O) groups excluding carboxylic acids is 1. The molecule has 2 rings (SSSR count). The number of nitrogens with one attached hydrogen (secondary N) is 1. The topological polar surface area (TPSA) is 32.3 Å². The molecule has 1 N–H and O–H groups in total. The van der Waals surface area contributed by atoms with Crippen LogP contribution in [-0.2, 0) is 17.9 Å². The van der Waals surface area contributed by atoms with Gasteiger partial charge in [-0.2, -0.15) is 0 Å². The number of likely N-dealkylation sites (tertiary alicyclic amines) is 1. The van der Waals surface area contributed by atoms with Crippen molar-refractivity contribution in [2.45, 2.75) is 64.3 Å². The highest BCUT2D eigenvalue weighted by atomic mass is 32.2. The molecule has 1 saturated heterocycles. The maximum absolute atomic E-state index is 11.9. The molecule has 0 radical (unpaired) electrons. The fourth-order valence-electron chi connectivity index (χ4n) is 2.85. The van der Waals surface area contributed by atoms with Crippen LogP contribution in [0.2, 0.25) is 0 Å². The molecule has 0 bridgehead atoms. The van der Waals surface area contributed by atoms with E-state index in [9.17, 15) is 4.79 Å². The maximum Gasteiger partial charge on any atom is 0.230 e. The Bertz CT molecular complexity index is 499. The molecule has 0 spiro atoms. The van der Waals surface area contributed by atoms with Crippen molar-refractivity contribution in [3.05, 3.63) is 35.4 Å². The van der Waals surface area contributed by atoms with Crippen LogP contribution in [-0.4, -0.2) is 34.4 Å². The molecule has 0 aliphatic carbocycles. The van der Waals surface area contributed by atoms with E-state index in [2.05, 4.69) is 55.3 Å². The molecule has 1 aliphatic rings. The molecule has 0 aromatic heterocycles. The van der Waals surface area contributed by atoms with Crippen molar-refractivity contribution < 1.29 is 4.79 Å². The van der Waals surface area contributed by atoms with Crippen molar-refractivity contribution in [3.63, 3.8) is 0 Å². The molecule has 4 heteroatoms. The lowest BCUT2D eigenvalue weighted by molar-refractivity contribution is -0.118. The summed E-state index contributed by atoms with van der Waals surface area (Å²) >= 11 is 1.68. The van der Waals surface area contributed by atoms with Crippen LogP contribution in [0.4, 0.5) is 0 Å². The lowest BCUT2D eigenvalue weighted by Gasteiger charge is -2.20. The predicted molar refractivity (Wildman–Crippen MR) is 104 cm³/mol. The minimum atomic E-state index is 0.114. The monoisotopic (exact) mass is 348 g/mol. The molecule has 0 atom stereocenters. The summed E-state index contributed by atoms with van der Waals surface area (Å²) in [4.78, 5) is 14.4. The number of hydrogen-bond acceptors (Lipinski definition) is 3. The first-order chi connectivity index (χ1) is 11.4. The van der Waals surface area contributed by atoms with E-state index in [0.29, 0.717) is 12.3 Å². The molecular weight excluding hydrogens is 316 g/mol. The molecule has 0 saturated carbocycles. The molecule has 3 nitrogen and oxygen atoms in total. The Balaban J connectivity index is 1.74. The van der Waals surface area contributed by atoms with Gasteiger partial charge in [-0.25, -0.2) is 0 Å². The number of carbonyl (C=O) groups is 1. The van der Waals surface area contributed by atoms with Gasteiger partial charge in [0.2, 0.25) is 5.91 Å². The van der Waals surface area contributed by atoms with Crippen LogP contribution in [0.1, 0.15) is 57.6 Å². The van der Waals surface area contributed by atoms with Crippen molar-refractivity contribution >= 4 is 17.7 Å². The maximum atomic E-state index is 11.9. The summed E-state index contributed by atoms with van der Waals surface area (Å²) in [5.74, 6) is 0.639. The van der Waals surface area contributed by atoms with E-state index in [-0.39, 0.29) is 10.7 Å². The molecule has 1 aromatic carbocycles. The lowest BCUT2D eigenvalue weighted by Crippen LogP contribution is -2.26. The second-order valence-corrected chi connectivity index (χ2v) is 9.49. The number of rotatable bonds is 6. The van der Waals surface area contributed by atoms with E-state index in [1.807, 2.05) is 0 Å². The third-order valence-electron chi connectivity index (χ3n) is 4.25. The third kappa shape index (κ3) is 7.71. The summed E-state index contributed by atoms with van der Waals surface area (Å²) in [7, 11) is 0. The fourth-order valence-corrected chi connectivity index (χ4v) is 3.51. The number of amides is 1. The zero-order chi connectivity index (χ0) is 17.4. The van der Waals surface area contributed by atoms with Gasteiger partial charge in [-0.3, -0.25) is 9.69 Å². The molecule has 1 amide bonds. The molecule has 24 heavy (non-hydrogen) atoms. The number of benzene rings is 1. The molecule has 1 heterocycles. The molecule has 1 aliphatic heterocycles. The summed E-state index contributed by atoms with van der Waals surface area (Å²) in [5.41, 5.74) is 2.54. The van der Waals surface area contributed by atoms with E-state index in [1.54, 1.807) is 11.8 Å². The summed E-state index contributed by atoms with van der Waals surface area (Å²) in [6, 6.07) is 8.70. The largest absolute Gasteiger partial charge is 0.351 e. The van der Waals surface area contributed by atoms with E-state index < -0.39 is 0 Å². The van der Waals surface area contributed by atoms with Gasteiger partial charge in [-0.15, -0.1) is 11.8 Å². The standard InChI is InChI=1S/C20H32N2OS/c1-20(2,3)24-16-19(23)21-14-17-8-10-18(11-9-17)15-22-12-6-4-5-7-13-22/h8-11H,4-7,12-16H2,1-3H3,(H,21,23). The molecule has 1 aromatic rings. The van der Waals surface area contributed by atoms with Crippen molar-refractivity contribution in [1.82, 2.24) is 10.2 Å². The van der Waals surface area contributed by atoms with E-state index in [0.717, 1.165) is 6.54 Å². The molecule has 134 valence electrons. The van der Waals surface area contributed by atoms with Gasteiger partial charge < -0.3 is 5.32 Å². The van der Waals surface area contributed by atoms with Crippen LogP contribution in [0.5, 0.6) is 0 Å². The van der Waals surface area contributed by atoms with Crippen LogP contribution in [0.25, 0.3) is 0 Å². The summed E-state index contributed by atoms with van der Waals surface area (Å²) in [5, 5.41) is 3.01. The quantitative estimate of drug-likeness (QED) is 0.836. The van der Waals surface area contributed by atoms with E-state index >= 15 is 0 Å². The molecule has 1 fully saturated rings. The highest BCUT2D eigenvalue weighted by Gasteiger charge is 2.13. The SMILES string of the molecule is CC(C)(C)SCC(=O)NCc1ccc(CN2CCCCCC2)cc1. The highest BCUT2D eigenvalue weighted by Crippen LogP contribution is 2.22. The predicted octanol–water partition coefficient (Wildman–Crippen LogP) is 4.21. The normalized spacial score (nSPS) is 16.6. The average molecular weight is 349 g/mol. The van der Waals surface area contributed by atoms with Crippen molar-refractivity contribution in [2.24, 2.45) is 0 Å². The lowest BCUT2D eigenvalue weighted by atomic mass is 10.1. The van der Waals surface area contributed by atoms with Gasteiger partial charge in [-0.05, 0) is 37.1 Å². The Hall–Kier alpha value is -1.00. The van der Waals surface area contributed by atoms with Gasteiger partial charge in [0.1, 0.15) is 0 Å². The van der Waals surface area contributed by atoms with Crippen LogP contribution in [0.3, 0.4) is 0 Å². The van der Waals surface area contributed by atoms with Gasteiger partial charge in [0, 0.05) is 17.8 Å². The number of hydrogen-bond donors (Lipinski definition) is 1. The fraction of sp³-hybridized carbons (Fsp3) is 0.650. The summed E-state index contributed by atoms with van der Waals surface area (Å²) in [6.45, 7) is 10.5. The van der Waals surface area contributed by atoms with Gasteiger partial charge in [-0.1, -0.05) is 57.9 Å². The highest BCUT2D eigenvalue weighted by molar-refractivity contribution is 8.01. The molecule has 0 unspecified atom stereocenters. The van der Waals surface area contributed by atoms with Gasteiger partial charge in [0.25, 0.3) is 0 Å². The van der Waals surface area contributed by atoms with E-state index in [1.165, 1.54) is 49.9 Å². The second kappa shape index (κ2) is 9.47. The molecular formula is C20H32N2OS. The van der Waals surface area contributed by atoms with Crippen molar-refractivity contribution in [2.75, 3.05) is 18.8 Å². The average Bonchev–Trinajstić information content (AvgIpc) is 2.80. The second-order valence-electron chi connectivity index (χ2n) is 7.68. The van der Waals surface area contributed by atoms with Crippen LogP contribution < -0.4 is 5.32 Å². The van der Waals surface area contributed by atoms with Crippen LogP contribution in [0, 0.1) is 0 Å². The third-order valence-corrected chi connectivity index (χ3v) is 5.53. The Labute approximate surface area is 151 Å². The minimum Gasteiger partial charge on any atom is -0.351 e. The Kier molecular flexibility index (Phi) is 7.63. The summed E-state index contributed by atoms with van der Waals surface area (Å²) in [6.07, 6.45) is 5.42. The van der Waals surface area contributed by atoms with E-state index in [4.69, 9.17) is 0 Å². The van der Waals surface area contributed by atoms with Crippen molar-refractivity contribution in [1.29, 1.82) is 0 Å². The van der Waals surface area contributed by atoms with Gasteiger partial charge >= 0.3 is 0 Å². The zero-order valence-corrected chi connectivity index (χ0v) is 16.3. The Morgan fingerprint density at radius 3 is 2.21 bits per heavy atom. The Morgan fingerprint density at radius 1 is 1.04 bits per heavy atom. The first-order valence-corrected chi connectivity index (χ1v) is 10.1. The first kappa shape index (κ1) is 19.3. The number of nitrogens with zero attached hydrogens (tertiary/aromatic N) is 1. The van der Waals surface area contributed by atoms with Crippen molar-refractivity contribution in [3.8, 4) is 0 Å². The first-order valence-electron chi connectivity index (χ1n) is 9.13. The Morgan fingerprint density at radius 2 is 1.62 bits per heavy atom. The van der Waals surface area contributed by atoms with Crippen LogP contribution >= 0.6 is 11.8 Å². The number of thioether (sulfide) groups is 1. The minimum absolute atomic E-state index is 0.114. The van der Waals surface area contributed by atoms with Gasteiger partial charge in [0.05, 0.1) is 5.75 Å².